The zero-order valence-electron chi connectivity index (χ0n) is 8.94. The molecule has 1 aliphatic rings. The topological polar surface area (TPSA) is 71.7 Å². The van der Waals surface area contributed by atoms with Crippen molar-refractivity contribution in [2.75, 3.05) is 19.8 Å². The van der Waals surface area contributed by atoms with Crippen molar-refractivity contribution in [2.24, 2.45) is 5.92 Å². The third-order valence-electron chi connectivity index (χ3n) is 2.72. The predicted molar refractivity (Wildman–Crippen MR) is 56.3 cm³/mol. The maximum atomic E-state index is 10.8. The minimum absolute atomic E-state index is 0.232. The normalized spacial score (nSPS) is 20.1. The molecule has 2 heterocycles. The quantitative estimate of drug-likeness (QED) is 0.785. The number of carboxylic acid groups (broad SMARTS) is 1. The highest BCUT2D eigenvalue weighted by atomic mass is 16.5. The second-order valence-corrected chi connectivity index (χ2v) is 3.92. The molecule has 88 valence electrons. The van der Waals surface area contributed by atoms with E-state index in [1.54, 1.807) is 0 Å². The van der Waals surface area contributed by atoms with Crippen LogP contribution in [0.15, 0.2) is 16.7 Å². The number of hydrogen-bond donors (Lipinski definition) is 2. The fourth-order valence-corrected chi connectivity index (χ4v) is 1.80. The lowest BCUT2D eigenvalue weighted by molar-refractivity contribution is 0.0694. The van der Waals surface area contributed by atoms with Crippen molar-refractivity contribution in [2.45, 2.75) is 13.0 Å². The van der Waals surface area contributed by atoms with Gasteiger partial charge in [-0.15, -0.1) is 0 Å². The van der Waals surface area contributed by atoms with E-state index >= 15 is 0 Å². The summed E-state index contributed by atoms with van der Waals surface area (Å²) in [6.07, 6.45) is 2.47. The molecule has 1 unspecified atom stereocenters. The number of hydrogen-bond acceptors (Lipinski definition) is 4. The van der Waals surface area contributed by atoms with Gasteiger partial charge in [0.25, 0.3) is 0 Å². The Labute approximate surface area is 93.4 Å². The van der Waals surface area contributed by atoms with Gasteiger partial charge in [0.05, 0.1) is 19.4 Å². The standard InChI is InChI=1S/C11H15NO4/c13-11(14)9-2-4-16-10(9)6-12-5-8-1-3-15-7-8/h2,4,8,12H,1,3,5-7H2,(H,13,14). The summed E-state index contributed by atoms with van der Waals surface area (Å²) in [5, 5.41) is 12.0. The van der Waals surface area contributed by atoms with E-state index in [0.717, 1.165) is 26.2 Å². The number of carboxylic acids is 1. The molecule has 0 aliphatic carbocycles. The van der Waals surface area contributed by atoms with Crippen LogP contribution >= 0.6 is 0 Å². The molecule has 5 nitrogen and oxygen atoms in total. The van der Waals surface area contributed by atoms with Gasteiger partial charge in [-0.2, -0.15) is 0 Å². The highest BCUT2D eigenvalue weighted by Crippen LogP contribution is 2.13. The molecule has 2 rings (SSSR count). The summed E-state index contributed by atoms with van der Waals surface area (Å²) < 4.78 is 10.4. The van der Waals surface area contributed by atoms with Gasteiger partial charge in [-0.3, -0.25) is 0 Å². The average molecular weight is 225 g/mol. The van der Waals surface area contributed by atoms with Gasteiger partial charge in [0, 0.05) is 13.2 Å². The zero-order chi connectivity index (χ0) is 11.4. The molecule has 1 aliphatic heterocycles. The van der Waals surface area contributed by atoms with Gasteiger partial charge in [0.2, 0.25) is 0 Å². The molecule has 0 bridgehead atoms. The monoisotopic (exact) mass is 225 g/mol. The third kappa shape index (κ3) is 2.62. The number of nitrogens with one attached hydrogen (secondary N) is 1. The van der Waals surface area contributed by atoms with Gasteiger partial charge in [0.15, 0.2) is 0 Å². The van der Waals surface area contributed by atoms with Gasteiger partial charge in [0.1, 0.15) is 11.3 Å². The number of furan rings is 1. The molecule has 1 saturated heterocycles. The van der Waals surface area contributed by atoms with Crippen molar-refractivity contribution in [3.05, 3.63) is 23.7 Å². The van der Waals surface area contributed by atoms with Crippen LogP contribution in [0.2, 0.25) is 0 Å². The number of rotatable bonds is 5. The SMILES string of the molecule is O=C(O)c1ccoc1CNCC1CCOC1. The molecule has 5 heteroatoms. The van der Waals surface area contributed by atoms with Crippen molar-refractivity contribution in [1.29, 1.82) is 0 Å². The Balaban J connectivity index is 1.80. The van der Waals surface area contributed by atoms with Crippen LogP contribution < -0.4 is 5.32 Å². The maximum Gasteiger partial charge on any atom is 0.339 e. The molecule has 2 N–H and O–H groups in total. The molecule has 1 fully saturated rings. The van der Waals surface area contributed by atoms with Crippen LogP contribution in [0.3, 0.4) is 0 Å². The van der Waals surface area contributed by atoms with E-state index in [1.807, 2.05) is 0 Å². The molecule has 1 aromatic heterocycles. The minimum Gasteiger partial charge on any atom is -0.478 e. The van der Waals surface area contributed by atoms with Gasteiger partial charge in [-0.1, -0.05) is 0 Å². The van der Waals surface area contributed by atoms with E-state index in [9.17, 15) is 4.79 Å². The molecule has 0 aromatic carbocycles. The Hall–Kier alpha value is -1.33. The predicted octanol–water partition coefficient (Wildman–Crippen LogP) is 1.10. The summed E-state index contributed by atoms with van der Waals surface area (Å²) in [6.45, 7) is 2.90. The van der Waals surface area contributed by atoms with E-state index in [0.29, 0.717) is 18.2 Å². The van der Waals surface area contributed by atoms with Crippen molar-refractivity contribution >= 4 is 5.97 Å². The van der Waals surface area contributed by atoms with Crippen LogP contribution in [0.5, 0.6) is 0 Å². The minimum atomic E-state index is -0.949. The molecule has 0 amide bonds. The molecular formula is C11H15NO4. The Bertz CT molecular complexity index is 355. The molecule has 1 atom stereocenters. The fourth-order valence-electron chi connectivity index (χ4n) is 1.80. The first kappa shape index (κ1) is 11.2. The van der Waals surface area contributed by atoms with Crippen LogP contribution in [0.1, 0.15) is 22.5 Å². The van der Waals surface area contributed by atoms with E-state index < -0.39 is 5.97 Å². The lowest BCUT2D eigenvalue weighted by atomic mass is 10.1. The van der Waals surface area contributed by atoms with Gasteiger partial charge >= 0.3 is 5.97 Å². The molecule has 1 aromatic rings. The van der Waals surface area contributed by atoms with Gasteiger partial charge in [-0.05, 0) is 18.4 Å². The average Bonchev–Trinajstić information content (AvgIpc) is 2.87. The van der Waals surface area contributed by atoms with Crippen LogP contribution in [-0.4, -0.2) is 30.8 Å². The smallest absolute Gasteiger partial charge is 0.339 e. The first-order chi connectivity index (χ1) is 7.77. The van der Waals surface area contributed by atoms with E-state index in [1.165, 1.54) is 12.3 Å². The maximum absolute atomic E-state index is 10.8. The molecule has 0 saturated carbocycles. The van der Waals surface area contributed by atoms with Crippen molar-refractivity contribution < 1.29 is 19.1 Å². The summed E-state index contributed by atoms with van der Waals surface area (Å²) in [7, 11) is 0. The van der Waals surface area contributed by atoms with Gasteiger partial charge < -0.3 is 19.6 Å². The molecule has 16 heavy (non-hydrogen) atoms. The Morgan fingerprint density at radius 3 is 3.19 bits per heavy atom. The molecule has 0 radical (unpaired) electrons. The highest BCUT2D eigenvalue weighted by molar-refractivity contribution is 5.88. The van der Waals surface area contributed by atoms with Crippen LogP contribution in [0.4, 0.5) is 0 Å². The molecular weight excluding hydrogens is 210 g/mol. The summed E-state index contributed by atoms with van der Waals surface area (Å²) in [5.41, 5.74) is 0.232. The first-order valence-corrected chi connectivity index (χ1v) is 5.35. The first-order valence-electron chi connectivity index (χ1n) is 5.35. The summed E-state index contributed by atoms with van der Waals surface area (Å²) in [4.78, 5) is 10.8. The van der Waals surface area contributed by atoms with Crippen molar-refractivity contribution in [3.63, 3.8) is 0 Å². The Morgan fingerprint density at radius 1 is 1.62 bits per heavy atom. The van der Waals surface area contributed by atoms with Gasteiger partial charge in [-0.25, -0.2) is 4.79 Å². The Morgan fingerprint density at radius 2 is 2.50 bits per heavy atom. The number of ether oxygens (including phenoxy) is 1. The van der Waals surface area contributed by atoms with Crippen LogP contribution in [0.25, 0.3) is 0 Å². The van der Waals surface area contributed by atoms with E-state index in [2.05, 4.69) is 5.32 Å². The molecule has 0 spiro atoms. The summed E-state index contributed by atoms with van der Waals surface area (Å²) in [5.74, 6) is 0.0596. The zero-order valence-corrected chi connectivity index (χ0v) is 8.94. The highest BCUT2D eigenvalue weighted by Gasteiger charge is 2.16. The van der Waals surface area contributed by atoms with Crippen molar-refractivity contribution in [3.8, 4) is 0 Å². The summed E-state index contributed by atoms with van der Waals surface area (Å²) >= 11 is 0. The van der Waals surface area contributed by atoms with E-state index in [-0.39, 0.29) is 5.56 Å². The lowest BCUT2D eigenvalue weighted by Crippen LogP contribution is -2.23. The fraction of sp³-hybridized carbons (Fsp3) is 0.545. The number of carbonyl (C=O) groups is 1. The third-order valence-corrected chi connectivity index (χ3v) is 2.72. The number of aromatic carboxylic acids is 1. The second kappa shape index (κ2) is 5.14. The lowest BCUT2D eigenvalue weighted by Gasteiger charge is -2.08. The van der Waals surface area contributed by atoms with E-state index in [4.69, 9.17) is 14.3 Å². The van der Waals surface area contributed by atoms with Crippen LogP contribution in [0, 0.1) is 5.92 Å². The van der Waals surface area contributed by atoms with Crippen molar-refractivity contribution in [1.82, 2.24) is 5.32 Å². The Kier molecular flexibility index (Phi) is 3.58. The van der Waals surface area contributed by atoms with Crippen LogP contribution in [-0.2, 0) is 11.3 Å². The largest absolute Gasteiger partial charge is 0.478 e. The second-order valence-electron chi connectivity index (χ2n) is 3.92. The summed E-state index contributed by atoms with van der Waals surface area (Å²) in [6, 6.07) is 1.47.